The minimum Gasteiger partial charge on any atom is -0.356 e. The molecular formula is C22H37N5. The summed E-state index contributed by atoms with van der Waals surface area (Å²) in [6.45, 7) is 10.4. The second-order valence-corrected chi connectivity index (χ2v) is 8.25. The fourth-order valence-corrected chi connectivity index (χ4v) is 4.21. The molecule has 0 spiro atoms. The molecule has 27 heavy (non-hydrogen) atoms. The SMILES string of the molecule is CN=C(NCC(C)CN1CCCC1)NC1CCN(Cc2ccccc2)CC1. The zero-order valence-electron chi connectivity index (χ0n) is 17.2. The van der Waals surface area contributed by atoms with E-state index in [4.69, 9.17) is 0 Å². The predicted molar refractivity (Wildman–Crippen MR) is 114 cm³/mol. The van der Waals surface area contributed by atoms with Crippen molar-refractivity contribution >= 4 is 5.96 Å². The molecule has 1 unspecified atom stereocenters. The van der Waals surface area contributed by atoms with Crippen molar-refractivity contribution in [1.82, 2.24) is 20.4 Å². The van der Waals surface area contributed by atoms with E-state index in [-0.39, 0.29) is 0 Å². The summed E-state index contributed by atoms with van der Waals surface area (Å²) in [4.78, 5) is 9.59. The number of nitrogens with zero attached hydrogens (tertiary/aromatic N) is 3. The molecule has 2 fully saturated rings. The molecular weight excluding hydrogens is 334 g/mol. The molecule has 1 aromatic rings. The van der Waals surface area contributed by atoms with Crippen LogP contribution in [0.25, 0.3) is 0 Å². The van der Waals surface area contributed by atoms with Gasteiger partial charge in [-0.25, -0.2) is 0 Å². The molecule has 0 bridgehead atoms. The maximum absolute atomic E-state index is 4.44. The molecule has 1 aromatic carbocycles. The van der Waals surface area contributed by atoms with E-state index in [1.165, 1.54) is 50.9 Å². The first-order valence-corrected chi connectivity index (χ1v) is 10.7. The maximum atomic E-state index is 4.44. The molecule has 2 aliphatic heterocycles. The lowest BCUT2D eigenvalue weighted by atomic mass is 10.0. The van der Waals surface area contributed by atoms with Crippen molar-refractivity contribution in [2.75, 3.05) is 46.3 Å². The van der Waals surface area contributed by atoms with Crippen molar-refractivity contribution in [1.29, 1.82) is 0 Å². The molecule has 0 amide bonds. The van der Waals surface area contributed by atoms with Gasteiger partial charge in [-0.1, -0.05) is 37.3 Å². The highest BCUT2D eigenvalue weighted by atomic mass is 15.2. The van der Waals surface area contributed by atoms with Gasteiger partial charge in [0, 0.05) is 45.8 Å². The third-order valence-electron chi connectivity index (χ3n) is 5.79. The number of piperidine rings is 1. The maximum Gasteiger partial charge on any atom is 0.191 e. The van der Waals surface area contributed by atoms with E-state index < -0.39 is 0 Å². The molecule has 0 radical (unpaired) electrons. The van der Waals surface area contributed by atoms with Crippen LogP contribution < -0.4 is 10.6 Å². The summed E-state index contributed by atoms with van der Waals surface area (Å²) in [5, 5.41) is 7.18. The lowest BCUT2D eigenvalue weighted by Crippen LogP contribution is -2.49. The molecule has 2 aliphatic rings. The monoisotopic (exact) mass is 371 g/mol. The number of hydrogen-bond acceptors (Lipinski definition) is 3. The molecule has 0 saturated carbocycles. The Bertz CT molecular complexity index is 559. The van der Waals surface area contributed by atoms with E-state index in [1.807, 2.05) is 7.05 Å². The minimum atomic E-state index is 0.525. The summed E-state index contributed by atoms with van der Waals surface area (Å²) in [6, 6.07) is 11.3. The normalized spacial score (nSPS) is 21.3. The first kappa shape index (κ1) is 20.2. The Kier molecular flexibility index (Phi) is 7.96. The Morgan fingerprint density at radius 2 is 1.78 bits per heavy atom. The number of aliphatic imine (C=N–C) groups is 1. The fourth-order valence-electron chi connectivity index (χ4n) is 4.21. The summed E-state index contributed by atoms with van der Waals surface area (Å²) in [5.74, 6) is 1.61. The second kappa shape index (κ2) is 10.7. The molecule has 5 nitrogen and oxygen atoms in total. The predicted octanol–water partition coefficient (Wildman–Crippen LogP) is 2.55. The van der Waals surface area contributed by atoms with Crippen molar-refractivity contribution in [3.05, 3.63) is 35.9 Å². The van der Waals surface area contributed by atoms with Crippen molar-refractivity contribution < 1.29 is 0 Å². The van der Waals surface area contributed by atoms with Crippen LogP contribution in [0, 0.1) is 5.92 Å². The lowest BCUT2D eigenvalue weighted by molar-refractivity contribution is 0.198. The summed E-state index contributed by atoms with van der Waals surface area (Å²) >= 11 is 0. The first-order chi connectivity index (χ1) is 13.2. The third kappa shape index (κ3) is 6.82. The summed E-state index contributed by atoms with van der Waals surface area (Å²) < 4.78 is 0. The highest BCUT2D eigenvalue weighted by Gasteiger charge is 2.20. The number of likely N-dealkylation sites (tertiary alicyclic amines) is 2. The first-order valence-electron chi connectivity index (χ1n) is 10.7. The third-order valence-corrected chi connectivity index (χ3v) is 5.79. The Balaban J connectivity index is 1.34. The smallest absolute Gasteiger partial charge is 0.191 e. The van der Waals surface area contributed by atoms with E-state index in [0.717, 1.165) is 32.1 Å². The average Bonchev–Trinajstić information content (AvgIpc) is 3.20. The molecule has 1 atom stereocenters. The molecule has 3 rings (SSSR count). The van der Waals surface area contributed by atoms with Crippen LogP contribution in [0.1, 0.15) is 38.2 Å². The molecule has 2 heterocycles. The highest BCUT2D eigenvalue weighted by molar-refractivity contribution is 5.79. The van der Waals surface area contributed by atoms with Crippen LogP contribution in [0.5, 0.6) is 0 Å². The molecule has 5 heteroatoms. The molecule has 0 aliphatic carbocycles. The van der Waals surface area contributed by atoms with Gasteiger partial charge in [0.15, 0.2) is 5.96 Å². The van der Waals surface area contributed by atoms with E-state index in [0.29, 0.717) is 12.0 Å². The van der Waals surface area contributed by atoms with E-state index >= 15 is 0 Å². The van der Waals surface area contributed by atoms with E-state index in [1.54, 1.807) is 0 Å². The van der Waals surface area contributed by atoms with Crippen LogP contribution in [0.4, 0.5) is 0 Å². The summed E-state index contributed by atoms with van der Waals surface area (Å²) in [7, 11) is 1.88. The molecule has 150 valence electrons. The van der Waals surface area contributed by atoms with Crippen LogP contribution in [-0.2, 0) is 6.54 Å². The highest BCUT2D eigenvalue weighted by Crippen LogP contribution is 2.14. The van der Waals surface area contributed by atoms with Gasteiger partial charge in [0.05, 0.1) is 0 Å². The van der Waals surface area contributed by atoms with Gasteiger partial charge in [-0.15, -0.1) is 0 Å². The zero-order chi connectivity index (χ0) is 18.9. The van der Waals surface area contributed by atoms with Gasteiger partial charge in [-0.2, -0.15) is 0 Å². The van der Waals surface area contributed by atoms with Gasteiger partial charge < -0.3 is 15.5 Å². The molecule has 0 aromatic heterocycles. The summed E-state index contributed by atoms with van der Waals surface area (Å²) in [5.41, 5.74) is 1.41. The zero-order valence-corrected chi connectivity index (χ0v) is 17.2. The van der Waals surface area contributed by atoms with Gasteiger partial charge in [0.2, 0.25) is 0 Å². The largest absolute Gasteiger partial charge is 0.356 e. The average molecular weight is 372 g/mol. The van der Waals surface area contributed by atoms with Crippen LogP contribution in [-0.4, -0.2) is 68.1 Å². The lowest BCUT2D eigenvalue weighted by Gasteiger charge is -2.33. The Morgan fingerprint density at radius 3 is 2.44 bits per heavy atom. The number of nitrogens with one attached hydrogen (secondary N) is 2. The van der Waals surface area contributed by atoms with Crippen molar-refractivity contribution in [2.24, 2.45) is 10.9 Å². The van der Waals surface area contributed by atoms with Crippen LogP contribution >= 0.6 is 0 Å². The van der Waals surface area contributed by atoms with Crippen molar-refractivity contribution in [2.45, 2.75) is 45.2 Å². The minimum absolute atomic E-state index is 0.525. The van der Waals surface area contributed by atoms with Crippen LogP contribution in [0.15, 0.2) is 35.3 Å². The Morgan fingerprint density at radius 1 is 1.07 bits per heavy atom. The number of benzene rings is 1. The van der Waals surface area contributed by atoms with Gasteiger partial charge in [0.1, 0.15) is 0 Å². The Hall–Kier alpha value is -1.59. The number of rotatable bonds is 7. The van der Waals surface area contributed by atoms with Crippen LogP contribution in [0.2, 0.25) is 0 Å². The Labute approximate surface area is 165 Å². The quantitative estimate of drug-likeness (QED) is 0.571. The number of hydrogen-bond donors (Lipinski definition) is 2. The second-order valence-electron chi connectivity index (χ2n) is 8.25. The fraction of sp³-hybridized carbons (Fsp3) is 0.682. The topological polar surface area (TPSA) is 42.9 Å². The van der Waals surface area contributed by atoms with Crippen molar-refractivity contribution in [3.8, 4) is 0 Å². The van der Waals surface area contributed by atoms with Gasteiger partial charge in [-0.3, -0.25) is 9.89 Å². The molecule has 2 saturated heterocycles. The van der Waals surface area contributed by atoms with E-state index in [2.05, 4.69) is 62.7 Å². The van der Waals surface area contributed by atoms with Crippen LogP contribution in [0.3, 0.4) is 0 Å². The standard InChI is InChI=1S/C22H37N5/c1-19(17-26-12-6-7-13-26)16-24-22(23-2)25-21-10-14-27(15-11-21)18-20-8-4-3-5-9-20/h3-5,8-9,19,21H,6-7,10-18H2,1-2H3,(H2,23,24,25). The van der Waals surface area contributed by atoms with Gasteiger partial charge in [-0.05, 0) is 50.3 Å². The summed E-state index contributed by atoms with van der Waals surface area (Å²) in [6.07, 6.45) is 5.09. The molecule has 2 N–H and O–H groups in total. The van der Waals surface area contributed by atoms with E-state index in [9.17, 15) is 0 Å². The van der Waals surface area contributed by atoms with Crippen molar-refractivity contribution in [3.63, 3.8) is 0 Å². The van der Waals surface area contributed by atoms with Gasteiger partial charge >= 0.3 is 0 Å². The van der Waals surface area contributed by atoms with Gasteiger partial charge in [0.25, 0.3) is 0 Å². The number of guanidine groups is 1.